The summed E-state index contributed by atoms with van der Waals surface area (Å²) in [4.78, 5) is 11.8. The number of nitrogens with zero attached hydrogens (tertiary/aromatic N) is 1. The highest BCUT2D eigenvalue weighted by Gasteiger charge is 2.13. The number of hydrogen-bond acceptors (Lipinski definition) is 3. The maximum absolute atomic E-state index is 11.8. The Bertz CT molecular complexity index is 673. The number of carbonyl (C=O) groups is 1. The van der Waals surface area contributed by atoms with Gasteiger partial charge in [-0.15, -0.1) is 0 Å². The van der Waals surface area contributed by atoms with Crippen molar-refractivity contribution in [2.45, 2.75) is 19.9 Å². The van der Waals surface area contributed by atoms with Crippen molar-refractivity contribution in [2.24, 2.45) is 0 Å². The molecule has 0 fully saturated rings. The van der Waals surface area contributed by atoms with Crippen LogP contribution in [0.1, 0.15) is 19.4 Å². The van der Waals surface area contributed by atoms with Crippen LogP contribution in [0, 0.1) is 11.3 Å². The molecule has 0 spiro atoms. The predicted molar refractivity (Wildman–Crippen MR) is 80.4 cm³/mol. The van der Waals surface area contributed by atoms with Gasteiger partial charge >= 0.3 is 0 Å². The van der Waals surface area contributed by atoms with Crippen LogP contribution in [0.4, 0.5) is 5.69 Å². The van der Waals surface area contributed by atoms with Gasteiger partial charge in [-0.3, -0.25) is 4.79 Å². The first kappa shape index (κ1) is 13.9. The maximum atomic E-state index is 11.8. The number of hydrogen-bond donors (Lipinski definition) is 2. The molecule has 0 saturated carbocycles. The predicted octanol–water partition coefficient (Wildman–Crippen LogP) is 2.65. The second kappa shape index (κ2) is 6.07. The Hall–Kier alpha value is -2.54. The fraction of sp³-hybridized carbons (Fsp3) is 0.250. The molecule has 2 aromatic carbocycles. The molecule has 0 bridgehead atoms. The highest BCUT2D eigenvalue weighted by molar-refractivity contribution is 5.98. The molecule has 4 heteroatoms. The van der Waals surface area contributed by atoms with Crippen LogP contribution in [0.15, 0.2) is 36.4 Å². The lowest BCUT2D eigenvalue weighted by atomic mass is 10.0. The summed E-state index contributed by atoms with van der Waals surface area (Å²) < 4.78 is 0. The van der Waals surface area contributed by atoms with Gasteiger partial charge in [0.15, 0.2) is 0 Å². The first-order valence-electron chi connectivity index (χ1n) is 6.63. The van der Waals surface area contributed by atoms with Crippen molar-refractivity contribution in [3.05, 3.63) is 42.0 Å². The Labute approximate surface area is 118 Å². The molecular formula is C16H17N3O. The molecule has 1 atom stereocenters. The number of rotatable bonds is 4. The van der Waals surface area contributed by atoms with Crippen molar-refractivity contribution in [2.75, 3.05) is 11.9 Å². The lowest BCUT2D eigenvalue weighted by Crippen LogP contribution is -2.37. The maximum Gasteiger partial charge on any atom is 0.242 e. The summed E-state index contributed by atoms with van der Waals surface area (Å²) in [5.41, 5.74) is 1.50. The Morgan fingerprint density at radius 1 is 1.25 bits per heavy atom. The van der Waals surface area contributed by atoms with Gasteiger partial charge in [-0.2, -0.15) is 5.26 Å². The topological polar surface area (TPSA) is 64.9 Å². The van der Waals surface area contributed by atoms with E-state index < -0.39 is 0 Å². The third-order valence-electron chi connectivity index (χ3n) is 3.16. The van der Waals surface area contributed by atoms with E-state index in [0.29, 0.717) is 12.1 Å². The van der Waals surface area contributed by atoms with Gasteiger partial charge in [0.1, 0.15) is 6.04 Å². The van der Waals surface area contributed by atoms with Crippen molar-refractivity contribution in [1.29, 1.82) is 5.26 Å². The van der Waals surface area contributed by atoms with Crippen LogP contribution in [-0.2, 0) is 4.79 Å². The SMILES string of the molecule is CCNC(=O)C(C)Nc1ccc(C#N)c2ccccc12. The number of anilines is 1. The van der Waals surface area contributed by atoms with Gasteiger partial charge in [-0.05, 0) is 26.0 Å². The number of likely N-dealkylation sites (N-methyl/N-ethyl adjacent to an activating group) is 1. The monoisotopic (exact) mass is 267 g/mol. The molecule has 1 amide bonds. The molecule has 0 aliphatic carbocycles. The highest BCUT2D eigenvalue weighted by atomic mass is 16.2. The molecule has 2 N–H and O–H groups in total. The summed E-state index contributed by atoms with van der Waals surface area (Å²) in [5, 5.41) is 17.0. The lowest BCUT2D eigenvalue weighted by Gasteiger charge is -2.16. The molecular weight excluding hydrogens is 250 g/mol. The Balaban J connectivity index is 2.37. The van der Waals surface area contributed by atoms with Crippen LogP contribution >= 0.6 is 0 Å². The average molecular weight is 267 g/mol. The Morgan fingerprint density at radius 2 is 1.95 bits per heavy atom. The molecule has 2 rings (SSSR count). The molecule has 0 saturated heterocycles. The zero-order chi connectivity index (χ0) is 14.5. The molecule has 102 valence electrons. The molecule has 20 heavy (non-hydrogen) atoms. The summed E-state index contributed by atoms with van der Waals surface area (Å²) in [5.74, 6) is -0.0408. The number of benzene rings is 2. The quantitative estimate of drug-likeness (QED) is 0.895. The molecule has 0 aromatic heterocycles. The molecule has 0 heterocycles. The van der Waals surface area contributed by atoms with Gasteiger partial charge in [0.05, 0.1) is 11.6 Å². The average Bonchev–Trinajstić information content (AvgIpc) is 2.47. The molecule has 2 aromatic rings. The molecule has 0 radical (unpaired) electrons. The second-order valence-corrected chi connectivity index (χ2v) is 4.58. The number of amides is 1. The van der Waals surface area contributed by atoms with Gasteiger partial charge < -0.3 is 10.6 Å². The van der Waals surface area contributed by atoms with Crippen LogP contribution in [0.25, 0.3) is 10.8 Å². The first-order valence-corrected chi connectivity index (χ1v) is 6.63. The van der Waals surface area contributed by atoms with Gasteiger partial charge in [-0.1, -0.05) is 24.3 Å². The largest absolute Gasteiger partial charge is 0.373 e. The molecule has 4 nitrogen and oxygen atoms in total. The molecule has 0 aliphatic rings. The summed E-state index contributed by atoms with van der Waals surface area (Å²) in [6, 6.07) is 13.2. The summed E-state index contributed by atoms with van der Waals surface area (Å²) >= 11 is 0. The van der Waals surface area contributed by atoms with E-state index in [1.807, 2.05) is 44.2 Å². The van der Waals surface area contributed by atoms with Gasteiger partial charge in [0, 0.05) is 23.0 Å². The lowest BCUT2D eigenvalue weighted by molar-refractivity contribution is -0.121. The van der Waals surface area contributed by atoms with E-state index in [1.54, 1.807) is 6.07 Å². The minimum Gasteiger partial charge on any atom is -0.373 e. The summed E-state index contributed by atoms with van der Waals surface area (Å²) in [6.45, 7) is 4.32. The smallest absolute Gasteiger partial charge is 0.242 e. The van der Waals surface area contributed by atoms with E-state index in [-0.39, 0.29) is 11.9 Å². The normalized spacial score (nSPS) is 11.7. The second-order valence-electron chi connectivity index (χ2n) is 4.58. The summed E-state index contributed by atoms with van der Waals surface area (Å²) in [6.07, 6.45) is 0. The number of nitriles is 1. The molecule has 1 unspecified atom stereocenters. The van der Waals surface area contributed by atoms with E-state index in [2.05, 4.69) is 16.7 Å². The minimum atomic E-state index is -0.328. The fourth-order valence-corrected chi connectivity index (χ4v) is 2.15. The van der Waals surface area contributed by atoms with Crippen molar-refractivity contribution >= 4 is 22.4 Å². The van der Waals surface area contributed by atoms with Crippen LogP contribution in [0.5, 0.6) is 0 Å². The van der Waals surface area contributed by atoms with E-state index >= 15 is 0 Å². The van der Waals surface area contributed by atoms with E-state index in [0.717, 1.165) is 16.5 Å². The third kappa shape index (κ3) is 2.72. The summed E-state index contributed by atoms with van der Waals surface area (Å²) in [7, 11) is 0. The Morgan fingerprint density at radius 3 is 2.60 bits per heavy atom. The van der Waals surface area contributed by atoms with Gasteiger partial charge in [0.25, 0.3) is 0 Å². The van der Waals surface area contributed by atoms with E-state index in [1.165, 1.54) is 0 Å². The highest BCUT2D eigenvalue weighted by Crippen LogP contribution is 2.26. The van der Waals surface area contributed by atoms with Crippen LogP contribution in [-0.4, -0.2) is 18.5 Å². The van der Waals surface area contributed by atoms with Crippen LogP contribution in [0.2, 0.25) is 0 Å². The van der Waals surface area contributed by atoms with Crippen molar-refractivity contribution in [3.63, 3.8) is 0 Å². The first-order chi connectivity index (χ1) is 9.67. The standard InChI is InChI=1S/C16H17N3O/c1-3-18-16(20)11(2)19-15-9-8-12(10-17)13-6-4-5-7-14(13)15/h4-9,11,19H,3H2,1-2H3,(H,18,20). The fourth-order valence-electron chi connectivity index (χ4n) is 2.15. The van der Waals surface area contributed by atoms with E-state index in [4.69, 9.17) is 5.26 Å². The van der Waals surface area contributed by atoms with Crippen molar-refractivity contribution < 1.29 is 4.79 Å². The Kier molecular flexibility index (Phi) is 4.21. The third-order valence-corrected chi connectivity index (χ3v) is 3.16. The van der Waals surface area contributed by atoms with Crippen molar-refractivity contribution in [1.82, 2.24) is 5.32 Å². The molecule has 0 aliphatic heterocycles. The zero-order valence-corrected chi connectivity index (χ0v) is 11.6. The number of nitrogens with one attached hydrogen (secondary N) is 2. The zero-order valence-electron chi connectivity index (χ0n) is 11.6. The number of carbonyl (C=O) groups excluding carboxylic acids is 1. The van der Waals surface area contributed by atoms with E-state index in [9.17, 15) is 4.79 Å². The van der Waals surface area contributed by atoms with Gasteiger partial charge in [-0.25, -0.2) is 0 Å². The van der Waals surface area contributed by atoms with Crippen LogP contribution < -0.4 is 10.6 Å². The minimum absolute atomic E-state index is 0.0408. The van der Waals surface area contributed by atoms with Gasteiger partial charge in [0.2, 0.25) is 5.91 Å². The number of fused-ring (bicyclic) bond motifs is 1. The van der Waals surface area contributed by atoms with Crippen LogP contribution in [0.3, 0.4) is 0 Å². The van der Waals surface area contributed by atoms with Crippen molar-refractivity contribution in [3.8, 4) is 6.07 Å².